The van der Waals surface area contributed by atoms with E-state index in [2.05, 4.69) is 31.9 Å². The molecule has 0 aliphatic heterocycles. The van der Waals surface area contributed by atoms with E-state index in [0.717, 1.165) is 7.41 Å². The molecule has 0 fully saturated rings. The Morgan fingerprint density at radius 2 is 2.57 bits per heavy atom. The van der Waals surface area contributed by atoms with Crippen LogP contribution >= 0.6 is 30.3 Å². The number of halogens is 1. The average molecular weight is 225 g/mol. The van der Waals surface area contributed by atoms with Crippen molar-refractivity contribution >= 4 is 45.7 Å². The van der Waals surface area contributed by atoms with Crippen LogP contribution in [-0.4, -0.2) is 19.5 Å². The van der Waals surface area contributed by atoms with Crippen LogP contribution in [-0.2, 0) is 0 Å². The zero-order valence-electron chi connectivity index (χ0n) is 4.22. The third kappa shape index (κ3) is 4.77. The lowest BCUT2D eigenvalue weighted by atomic mass is 9.93. The zero-order chi connectivity index (χ0) is 5.70. The van der Waals surface area contributed by atoms with Gasteiger partial charge >= 0.3 is 0 Å². The van der Waals surface area contributed by atoms with Crippen LogP contribution in [0.15, 0.2) is 12.6 Å². The van der Waals surface area contributed by atoms with E-state index in [1.165, 1.54) is 0 Å². The summed E-state index contributed by atoms with van der Waals surface area (Å²) in [6.07, 6.45) is 0. The van der Waals surface area contributed by atoms with Gasteiger partial charge in [0.1, 0.15) is 0 Å². The van der Waals surface area contributed by atoms with E-state index in [1.807, 2.05) is 14.0 Å². The van der Waals surface area contributed by atoms with Crippen molar-refractivity contribution in [1.82, 2.24) is 4.13 Å². The zero-order valence-corrected chi connectivity index (χ0v) is 7.20. The Labute approximate surface area is 62.3 Å². The van der Waals surface area contributed by atoms with Crippen LogP contribution in [0, 0.1) is 0 Å². The molecule has 0 heterocycles. The van der Waals surface area contributed by atoms with Crippen molar-refractivity contribution < 1.29 is 0 Å². The van der Waals surface area contributed by atoms with Crippen LogP contribution in [0.25, 0.3) is 0 Å². The van der Waals surface area contributed by atoms with Gasteiger partial charge in [-0.05, 0) is 9.12 Å². The first-order valence-electron chi connectivity index (χ1n) is 1.92. The molecular weight excluding hydrogens is 219 g/mol. The topological polar surface area (TPSA) is 3.24 Å². The predicted octanol–water partition coefficient (Wildman–Crippen LogP) is 0.330. The summed E-state index contributed by atoms with van der Waals surface area (Å²) in [4.78, 5) is 0. The Kier molecular flexibility index (Phi) is 5.71. The van der Waals surface area contributed by atoms with Gasteiger partial charge in [0.2, 0.25) is 7.41 Å². The van der Waals surface area contributed by atoms with Crippen molar-refractivity contribution in [3.8, 4) is 0 Å². The summed E-state index contributed by atoms with van der Waals surface area (Å²) in [5, 5.41) is 0. The smallest absolute Gasteiger partial charge is 0.229 e. The Balaban J connectivity index is 2.98. The van der Waals surface area contributed by atoms with Gasteiger partial charge in [0.15, 0.2) is 7.98 Å². The lowest BCUT2D eigenvalue weighted by Crippen LogP contribution is -2.11. The first-order chi connectivity index (χ1) is 3.31. The summed E-state index contributed by atoms with van der Waals surface area (Å²) in [6, 6.07) is 0. The molecule has 38 valence electrons. The summed E-state index contributed by atoms with van der Waals surface area (Å²) in [5.74, 6) is 1.88. The molecule has 0 unspecified atom stereocenters. The molecule has 0 atom stereocenters. The third-order valence-electron chi connectivity index (χ3n) is 0.504. The van der Waals surface area contributed by atoms with Gasteiger partial charge in [0.25, 0.3) is 0 Å². The summed E-state index contributed by atoms with van der Waals surface area (Å²) in [7, 11) is 4.66. The minimum Gasteiger partial charge on any atom is -0.326 e. The fourth-order valence-electron chi connectivity index (χ4n) is 0.210. The highest BCUT2D eigenvalue weighted by Gasteiger charge is 1.90. The Bertz CT molecular complexity index is 61.7. The second-order valence-electron chi connectivity index (χ2n) is 1.17. The molecule has 0 saturated heterocycles. The van der Waals surface area contributed by atoms with E-state index in [-0.39, 0.29) is 0 Å². The summed E-state index contributed by atoms with van der Waals surface area (Å²) in [6.45, 7) is 3.59. The van der Waals surface area contributed by atoms with E-state index >= 15 is 0 Å². The molecule has 0 bridgehead atoms. The normalized spacial score (nSPS) is 8.86. The highest BCUT2D eigenvalue weighted by Crippen LogP contribution is 2.12. The van der Waals surface area contributed by atoms with E-state index in [1.54, 1.807) is 9.12 Å². The fourth-order valence-corrected chi connectivity index (χ4v) is 0.854. The van der Waals surface area contributed by atoms with Gasteiger partial charge < -0.3 is 4.13 Å². The van der Waals surface area contributed by atoms with Crippen LogP contribution < -0.4 is 0 Å². The third-order valence-corrected chi connectivity index (χ3v) is 2.91. The van der Waals surface area contributed by atoms with Gasteiger partial charge in [-0.1, -0.05) is 0 Å². The maximum atomic E-state index is 3.59. The van der Waals surface area contributed by atoms with Crippen LogP contribution in [0.2, 0.25) is 0 Å². The number of rotatable bonds is 3. The van der Waals surface area contributed by atoms with Gasteiger partial charge in [-0.25, -0.2) is 0 Å². The minimum absolute atomic E-state index is 0.952. The Hall–Kier alpha value is 0.910. The molecule has 0 aliphatic rings. The number of hydrogen-bond acceptors (Lipinski definition) is 2. The van der Waals surface area contributed by atoms with Crippen molar-refractivity contribution in [2.75, 3.05) is 0 Å². The van der Waals surface area contributed by atoms with Crippen molar-refractivity contribution in [3.63, 3.8) is 0 Å². The van der Waals surface area contributed by atoms with E-state index in [9.17, 15) is 0 Å². The Morgan fingerprint density at radius 3 is 2.71 bits per heavy atom. The average Bonchev–Trinajstić information content (AvgIpc) is 1.68. The minimum atomic E-state index is 0.952. The quantitative estimate of drug-likeness (QED) is 0.386. The molecule has 1 nitrogen and oxygen atoms in total. The fraction of sp³-hybridized carbons (Fsp3) is 0. The molecule has 0 radical (unpaired) electrons. The second-order valence-corrected chi connectivity index (χ2v) is 3.11. The first kappa shape index (κ1) is 7.91. The predicted molar refractivity (Wildman–Crippen MR) is 49.3 cm³/mol. The van der Waals surface area contributed by atoms with Crippen molar-refractivity contribution in [1.29, 1.82) is 0 Å². The lowest BCUT2D eigenvalue weighted by Gasteiger charge is -2.03. The molecule has 0 aromatic carbocycles. The molecule has 0 aromatic heterocycles. The molecule has 0 saturated carbocycles. The second kappa shape index (κ2) is 5.05. The molecule has 0 aromatic rings. The van der Waals surface area contributed by atoms with E-state index in [0.29, 0.717) is 0 Å². The van der Waals surface area contributed by atoms with Crippen molar-refractivity contribution in [2.45, 2.75) is 0 Å². The molecule has 0 rings (SSSR count). The first-order valence-corrected chi connectivity index (χ1v) is 5.23. The van der Waals surface area contributed by atoms with Crippen LogP contribution in [0.1, 0.15) is 0 Å². The number of nitrogens with zero attached hydrogens (tertiary/aromatic N) is 1. The molecule has 0 amide bonds. The standard InChI is InChI=1S/C2H6B2INS/c1-2-4-6(3)7-5/h2,4H,1,3H2. The van der Waals surface area contributed by atoms with Crippen LogP contribution in [0.4, 0.5) is 0 Å². The molecule has 5 heteroatoms. The van der Waals surface area contributed by atoms with Crippen molar-refractivity contribution in [3.05, 3.63) is 12.6 Å². The maximum absolute atomic E-state index is 3.59. The summed E-state index contributed by atoms with van der Waals surface area (Å²) < 4.78 is 2.09. The summed E-state index contributed by atoms with van der Waals surface area (Å²) in [5.41, 5.74) is 0. The monoisotopic (exact) mass is 225 g/mol. The highest BCUT2D eigenvalue weighted by atomic mass is 127. The number of hydrogen-bond donors (Lipinski definition) is 0. The van der Waals surface area contributed by atoms with Gasteiger partial charge in [-0.3, -0.25) is 0 Å². The van der Waals surface area contributed by atoms with E-state index < -0.39 is 0 Å². The van der Waals surface area contributed by atoms with Crippen molar-refractivity contribution in [2.24, 2.45) is 0 Å². The highest BCUT2D eigenvalue weighted by molar-refractivity contribution is 14.2. The molecule has 0 spiro atoms. The van der Waals surface area contributed by atoms with Gasteiger partial charge in [-0.15, -0.1) is 12.6 Å². The molecule has 7 heavy (non-hydrogen) atoms. The van der Waals surface area contributed by atoms with Gasteiger partial charge in [0, 0.05) is 21.2 Å². The lowest BCUT2D eigenvalue weighted by molar-refractivity contribution is 1.21. The van der Waals surface area contributed by atoms with Crippen LogP contribution in [0.5, 0.6) is 0 Å². The molecule has 0 N–H and O–H groups in total. The summed E-state index contributed by atoms with van der Waals surface area (Å²) >= 11 is 2.23. The van der Waals surface area contributed by atoms with E-state index in [4.69, 9.17) is 0 Å². The maximum Gasteiger partial charge on any atom is 0.229 e. The molecule has 0 aliphatic carbocycles. The molecular formula is C2H6B2INS. The van der Waals surface area contributed by atoms with Gasteiger partial charge in [-0.2, -0.15) is 0 Å². The van der Waals surface area contributed by atoms with Gasteiger partial charge in [0.05, 0.1) is 0 Å². The Morgan fingerprint density at radius 1 is 2.00 bits per heavy atom. The largest absolute Gasteiger partial charge is 0.326 e. The SMILES string of the molecule is BN(BC=C)SI. The van der Waals surface area contributed by atoms with Crippen LogP contribution in [0.3, 0.4) is 0 Å².